The first-order chi connectivity index (χ1) is 10.6. The zero-order chi connectivity index (χ0) is 15.7. The molecule has 0 saturated heterocycles. The van der Waals surface area contributed by atoms with E-state index in [-0.39, 0.29) is 22.7 Å². The number of hydrogen-bond acceptors (Lipinski definition) is 4. The Hall–Kier alpha value is -2.22. The molecule has 2 heterocycles. The highest BCUT2D eigenvalue weighted by atomic mass is 32.1. The molecule has 0 aliphatic carbocycles. The van der Waals surface area contributed by atoms with Crippen molar-refractivity contribution >= 4 is 27.5 Å². The third kappa shape index (κ3) is 2.61. The number of fused-ring (bicyclic) bond motifs is 1. The molecule has 2 aromatic rings. The summed E-state index contributed by atoms with van der Waals surface area (Å²) < 4.78 is 39.4. The highest BCUT2D eigenvalue weighted by Crippen LogP contribution is 2.22. The van der Waals surface area contributed by atoms with E-state index in [1.165, 1.54) is 16.9 Å². The fraction of sp³-hybridized carbons (Fsp3) is 0.286. The normalized spacial score (nSPS) is 15.4. The molecule has 3 rings (SSSR count). The number of halogens is 2. The smallest absolute Gasteiger partial charge is 0.317 e. The molecule has 0 N–H and O–H groups in total. The Morgan fingerprint density at radius 2 is 2.23 bits per heavy atom. The van der Waals surface area contributed by atoms with Crippen molar-refractivity contribution in [2.75, 3.05) is 13.2 Å². The van der Waals surface area contributed by atoms with Gasteiger partial charge in [0.2, 0.25) is 5.76 Å². The second-order valence-electron chi connectivity index (χ2n) is 4.48. The topological polar surface area (TPSA) is 52.8 Å². The lowest BCUT2D eigenvalue weighted by molar-refractivity contribution is -0.119. The summed E-state index contributed by atoms with van der Waals surface area (Å²) in [6.45, 7) is 2.83. The molecular formula is C14H12F2N2O3S. The molecule has 0 saturated carbocycles. The van der Waals surface area contributed by atoms with E-state index >= 15 is 0 Å². The number of thiazole rings is 1. The first kappa shape index (κ1) is 14.7. The van der Waals surface area contributed by atoms with Crippen LogP contribution in [0.25, 0.3) is 10.2 Å². The zero-order valence-electron chi connectivity index (χ0n) is 11.6. The quantitative estimate of drug-likeness (QED) is 0.851. The number of amides is 1. The molecule has 0 unspecified atom stereocenters. The maximum absolute atomic E-state index is 14.0. The van der Waals surface area contributed by atoms with Crippen LogP contribution in [-0.4, -0.2) is 23.7 Å². The van der Waals surface area contributed by atoms with Crippen molar-refractivity contribution in [1.29, 1.82) is 0 Å². The summed E-state index contributed by atoms with van der Waals surface area (Å²) in [4.78, 5) is 16.3. The van der Waals surface area contributed by atoms with Crippen molar-refractivity contribution in [3.63, 3.8) is 0 Å². The Labute approximate surface area is 128 Å². The fourth-order valence-corrected chi connectivity index (χ4v) is 3.26. The van der Waals surface area contributed by atoms with Gasteiger partial charge in [-0.05, 0) is 13.0 Å². The summed E-state index contributed by atoms with van der Waals surface area (Å²) >= 11 is 1.04. The number of nitrogens with zero attached hydrogens (tertiary/aromatic N) is 2. The third-order valence-corrected chi connectivity index (χ3v) is 4.09. The molecule has 8 heteroatoms. The molecular weight excluding hydrogens is 314 g/mol. The highest BCUT2D eigenvalue weighted by Gasteiger charge is 2.17. The van der Waals surface area contributed by atoms with Gasteiger partial charge in [-0.1, -0.05) is 11.3 Å². The van der Waals surface area contributed by atoms with E-state index in [9.17, 15) is 13.6 Å². The Morgan fingerprint density at radius 1 is 1.41 bits per heavy atom. The Kier molecular flexibility index (Phi) is 3.93. The number of carbonyl (C=O) groups is 1. The van der Waals surface area contributed by atoms with Gasteiger partial charge in [0, 0.05) is 12.6 Å². The van der Waals surface area contributed by atoms with Crippen molar-refractivity contribution in [1.82, 2.24) is 4.57 Å². The average molecular weight is 326 g/mol. The molecule has 0 spiro atoms. The lowest BCUT2D eigenvalue weighted by Crippen LogP contribution is -2.19. The molecule has 0 bridgehead atoms. The first-order valence-corrected chi connectivity index (χ1v) is 7.44. The minimum Gasteiger partial charge on any atom is -0.494 e. The van der Waals surface area contributed by atoms with Gasteiger partial charge in [0.15, 0.2) is 10.6 Å². The van der Waals surface area contributed by atoms with Crippen molar-refractivity contribution in [3.8, 4) is 0 Å². The summed E-state index contributed by atoms with van der Waals surface area (Å²) in [5.41, 5.74) is 0.232. The molecule has 1 aliphatic rings. The van der Waals surface area contributed by atoms with Crippen LogP contribution in [0.1, 0.15) is 6.92 Å². The molecule has 22 heavy (non-hydrogen) atoms. The second-order valence-corrected chi connectivity index (χ2v) is 5.49. The second kappa shape index (κ2) is 5.88. The van der Waals surface area contributed by atoms with Crippen LogP contribution in [0.2, 0.25) is 0 Å². The average Bonchev–Trinajstić information content (AvgIpc) is 2.85. The number of ether oxygens (including phenoxy) is 2. The van der Waals surface area contributed by atoms with E-state index in [2.05, 4.69) is 4.99 Å². The summed E-state index contributed by atoms with van der Waals surface area (Å²) in [6, 6.07) is 2.03. The number of benzene rings is 1. The predicted octanol–water partition coefficient (Wildman–Crippen LogP) is 2.32. The molecule has 0 atom stereocenters. The standard InChI is InChI=1S/C14H12F2N2O3S/c1-2-18-12-9(16)5-8(15)6-11(12)22-14(18)17-13(19)10-7-20-3-4-21-10/h5-7H,2-4H2,1H3. The molecule has 1 aromatic heterocycles. The summed E-state index contributed by atoms with van der Waals surface area (Å²) in [6.07, 6.45) is 1.21. The largest absolute Gasteiger partial charge is 0.494 e. The van der Waals surface area contributed by atoms with Crippen LogP contribution in [0.3, 0.4) is 0 Å². The van der Waals surface area contributed by atoms with E-state index in [0.717, 1.165) is 17.4 Å². The van der Waals surface area contributed by atoms with Crippen LogP contribution in [0.4, 0.5) is 8.78 Å². The van der Waals surface area contributed by atoms with E-state index in [1.54, 1.807) is 6.92 Å². The number of hydrogen-bond donors (Lipinski definition) is 0. The predicted molar refractivity (Wildman–Crippen MR) is 76.0 cm³/mol. The van der Waals surface area contributed by atoms with Gasteiger partial charge in [-0.3, -0.25) is 4.79 Å². The Balaban J connectivity index is 2.14. The molecule has 0 radical (unpaired) electrons. The van der Waals surface area contributed by atoms with Gasteiger partial charge in [-0.25, -0.2) is 8.78 Å². The first-order valence-electron chi connectivity index (χ1n) is 6.62. The van der Waals surface area contributed by atoms with Gasteiger partial charge in [0.25, 0.3) is 0 Å². The van der Waals surface area contributed by atoms with Gasteiger partial charge in [0.1, 0.15) is 25.3 Å². The number of aryl methyl sites for hydroxylation is 1. The maximum atomic E-state index is 14.0. The van der Waals surface area contributed by atoms with E-state index in [0.29, 0.717) is 17.9 Å². The minimum absolute atomic E-state index is 0.00184. The van der Waals surface area contributed by atoms with Crippen molar-refractivity contribution < 1.29 is 23.0 Å². The van der Waals surface area contributed by atoms with Crippen LogP contribution in [-0.2, 0) is 20.8 Å². The zero-order valence-corrected chi connectivity index (χ0v) is 12.5. The number of aromatic nitrogens is 1. The third-order valence-electron chi connectivity index (χ3n) is 3.07. The van der Waals surface area contributed by atoms with Crippen LogP contribution in [0.5, 0.6) is 0 Å². The lowest BCUT2D eigenvalue weighted by atomic mass is 10.3. The van der Waals surface area contributed by atoms with Gasteiger partial charge < -0.3 is 14.0 Å². The summed E-state index contributed by atoms with van der Waals surface area (Å²) in [7, 11) is 0. The summed E-state index contributed by atoms with van der Waals surface area (Å²) in [5, 5.41) is 0. The molecule has 0 fully saturated rings. The number of rotatable bonds is 2. The maximum Gasteiger partial charge on any atom is 0.317 e. The minimum atomic E-state index is -0.682. The monoisotopic (exact) mass is 326 g/mol. The van der Waals surface area contributed by atoms with Crippen molar-refractivity contribution in [3.05, 3.63) is 40.6 Å². The van der Waals surface area contributed by atoms with E-state index < -0.39 is 17.5 Å². The van der Waals surface area contributed by atoms with Crippen molar-refractivity contribution in [2.24, 2.45) is 4.99 Å². The van der Waals surface area contributed by atoms with Crippen LogP contribution < -0.4 is 4.80 Å². The van der Waals surface area contributed by atoms with Crippen LogP contribution in [0.15, 0.2) is 29.1 Å². The molecule has 5 nitrogen and oxygen atoms in total. The van der Waals surface area contributed by atoms with Gasteiger partial charge >= 0.3 is 5.91 Å². The SMILES string of the molecule is CCn1c(=NC(=O)C2=COCCO2)sc2cc(F)cc(F)c21. The Bertz CT molecular complexity index is 838. The van der Waals surface area contributed by atoms with Crippen LogP contribution >= 0.6 is 11.3 Å². The number of carbonyl (C=O) groups excluding carboxylic acids is 1. The Morgan fingerprint density at radius 3 is 2.91 bits per heavy atom. The highest BCUT2D eigenvalue weighted by molar-refractivity contribution is 7.16. The molecule has 116 valence electrons. The van der Waals surface area contributed by atoms with E-state index in [1.807, 2.05) is 0 Å². The molecule has 1 aliphatic heterocycles. The fourth-order valence-electron chi connectivity index (χ4n) is 2.13. The van der Waals surface area contributed by atoms with Gasteiger partial charge in [0.05, 0.1) is 10.2 Å². The van der Waals surface area contributed by atoms with E-state index in [4.69, 9.17) is 9.47 Å². The molecule has 1 aromatic carbocycles. The summed E-state index contributed by atoms with van der Waals surface area (Å²) in [5.74, 6) is -1.97. The lowest BCUT2D eigenvalue weighted by Gasteiger charge is -2.12. The van der Waals surface area contributed by atoms with Gasteiger partial charge in [-0.2, -0.15) is 4.99 Å². The van der Waals surface area contributed by atoms with Crippen LogP contribution in [0, 0.1) is 11.6 Å². The molecule has 1 amide bonds. The van der Waals surface area contributed by atoms with Gasteiger partial charge in [-0.15, -0.1) is 0 Å². The van der Waals surface area contributed by atoms with Crippen molar-refractivity contribution in [2.45, 2.75) is 13.5 Å².